The highest BCUT2D eigenvalue weighted by molar-refractivity contribution is 5.61. The van der Waals surface area contributed by atoms with Crippen LogP contribution in [0.1, 0.15) is 5.82 Å². The first-order chi connectivity index (χ1) is 8.65. The van der Waals surface area contributed by atoms with Gasteiger partial charge in [-0.3, -0.25) is 10.1 Å². The highest BCUT2D eigenvalue weighted by atomic mass is 16.6. The molecule has 0 saturated heterocycles. The van der Waals surface area contributed by atoms with E-state index in [0.717, 1.165) is 0 Å². The molecule has 0 bridgehead atoms. The fourth-order valence-electron chi connectivity index (χ4n) is 1.46. The predicted molar refractivity (Wildman–Crippen MR) is 64.0 cm³/mol. The van der Waals surface area contributed by atoms with Gasteiger partial charge in [0.05, 0.1) is 4.92 Å². The van der Waals surface area contributed by atoms with Crippen LogP contribution in [0.2, 0.25) is 0 Å². The lowest BCUT2D eigenvalue weighted by atomic mass is 10.2. The smallest absolute Gasteiger partial charge is 0.273 e. The van der Waals surface area contributed by atoms with E-state index < -0.39 is 4.92 Å². The van der Waals surface area contributed by atoms with Gasteiger partial charge in [0.25, 0.3) is 5.69 Å². The third-order valence-electron chi connectivity index (χ3n) is 2.24. The number of non-ortho nitro benzene ring substituents is 1. The molecule has 0 fully saturated rings. The Morgan fingerprint density at radius 1 is 1.44 bits per heavy atom. The van der Waals surface area contributed by atoms with Crippen LogP contribution >= 0.6 is 0 Å². The maximum Gasteiger partial charge on any atom is 0.273 e. The van der Waals surface area contributed by atoms with Gasteiger partial charge in [0.15, 0.2) is 5.82 Å². The zero-order chi connectivity index (χ0) is 13.0. The van der Waals surface area contributed by atoms with Gasteiger partial charge < -0.3 is 15.6 Å². The van der Waals surface area contributed by atoms with Gasteiger partial charge in [-0.1, -0.05) is 5.16 Å². The van der Waals surface area contributed by atoms with Crippen molar-refractivity contribution in [1.29, 1.82) is 0 Å². The van der Waals surface area contributed by atoms with Crippen LogP contribution in [-0.2, 0) is 6.42 Å². The van der Waals surface area contributed by atoms with Crippen molar-refractivity contribution >= 4 is 17.1 Å². The molecule has 1 aromatic carbocycles. The second kappa shape index (κ2) is 5.13. The molecule has 1 aromatic heterocycles. The summed E-state index contributed by atoms with van der Waals surface area (Å²) in [6.45, 7) is 0.528. The Balaban J connectivity index is 1.98. The van der Waals surface area contributed by atoms with Gasteiger partial charge in [-0.2, -0.15) is 4.98 Å². The van der Waals surface area contributed by atoms with Gasteiger partial charge in [0, 0.05) is 36.5 Å². The summed E-state index contributed by atoms with van der Waals surface area (Å²) in [7, 11) is 0. The van der Waals surface area contributed by atoms with Gasteiger partial charge in [-0.15, -0.1) is 0 Å². The lowest BCUT2D eigenvalue weighted by molar-refractivity contribution is -0.384. The topological polar surface area (TPSA) is 120 Å². The fraction of sp³-hybridized carbons (Fsp3) is 0.200. The Bertz CT molecular complexity index is 540. The molecule has 0 aliphatic rings. The molecule has 0 aliphatic heterocycles. The van der Waals surface area contributed by atoms with Crippen LogP contribution in [0.25, 0.3) is 0 Å². The van der Waals surface area contributed by atoms with Crippen LogP contribution in [0.5, 0.6) is 0 Å². The lowest BCUT2D eigenvalue weighted by Gasteiger charge is -2.05. The monoisotopic (exact) mass is 249 g/mol. The van der Waals surface area contributed by atoms with Gasteiger partial charge in [0.2, 0.25) is 6.39 Å². The second-order valence-corrected chi connectivity index (χ2v) is 3.59. The third kappa shape index (κ3) is 2.94. The number of hydrogen-bond donors (Lipinski definition) is 2. The standard InChI is InChI=1S/C10H11N5O3/c11-7-3-8(5-9(4-7)15(16)17)12-2-1-10-13-6-18-14-10/h3-6,12H,1-2,11H2. The minimum atomic E-state index is -0.485. The summed E-state index contributed by atoms with van der Waals surface area (Å²) in [6.07, 6.45) is 1.81. The Kier molecular flexibility index (Phi) is 3.37. The molecule has 2 rings (SSSR count). The number of rotatable bonds is 5. The van der Waals surface area contributed by atoms with Crippen LogP contribution < -0.4 is 11.1 Å². The normalized spacial score (nSPS) is 10.2. The molecule has 94 valence electrons. The third-order valence-corrected chi connectivity index (χ3v) is 2.24. The van der Waals surface area contributed by atoms with Crippen LogP contribution in [0.3, 0.4) is 0 Å². The van der Waals surface area contributed by atoms with Crippen molar-refractivity contribution in [2.75, 3.05) is 17.6 Å². The first kappa shape index (κ1) is 11.8. The summed E-state index contributed by atoms with van der Waals surface area (Å²) in [6, 6.07) is 4.36. The number of nitro benzene ring substituents is 1. The second-order valence-electron chi connectivity index (χ2n) is 3.59. The van der Waals surface area contributed by atoms with Crippen LogP contribution in [0.15, 0.2) is 29.1 Å². The van der Waals surface area contributed by atoms with Crippen LogP contribution in [0.4, 0.5) is 17.1 Å². The van der Waals surface area contributed by atoms with E-state index in [4.69, 9.17) is 5.73 Å². The minimum Gasteiger partial charge on any atom is -0.398 e. The maximum atomic E-state index is 10.7. The molecule has 0 atom stereocenters. The first-order valence-electron chi connectivity index (χ1n) is 5.19. The van der Waals surface area contributed by atoms with E-state index in [9.17, 15) is 10.1 Å². The maximum absolute atomic E-state index is 10.7. The molecule has 18 heavy (non-hydrogen) atoms. The molecule has 0 unspecified atom stereocenters. The summed E-state index contributed by atoms with van der Waals surface area (Å²) in [5.41, 5.74) is 6.46. The Morgan fingerprint density at radius 2 is 2.28 bits per heavy atom. The summed E-state index contributed by atoms with van der Waals surface area (Å²) in [4.78, 5) is 14.0. The zero-order valence-corrected chi connectivity index (χ0v) is 9.37. The van der Waals surface area contributed by atoms with Crippen molar-refractivity contribution in [3.8, 4) is 0 Å². The van der Waals surface area contributed by atoms with Crippen molar-refractivity contribution in [2.24, 2.45) is 0 Å². The first-order valence-corrected chi connectivity index (χ1v) is 5.19. The van der Waals surface area contributed by atoms with E-state index in [0.29, 0.717) is 30.2 Å². The number of benzene rings is 1. The number of nitrogens with zero attached hydrogens (tertiary/aromatic N) is 3. The van der Waals surface area contributed by atoms with Crippen molar-refractivity contribution in [3.05, 3.63) is 40.5 Å². The fourth-order valence-corrected chi connectivity index (χ4v) is 1.46. The Hall–Kier alpha value is -2.64. The largest absolute Gasteiger partial charge is 0.398 e. The summed E-state index contributed by atoms with van der Waals surface area (Å²) in [5.74, 6) is 0.570. The molecular weight excluding hydrogens is 238 g/mol. The number of nitro groups is 1. The average Bonchev–Trinajstić information content (AvgIpc) is 2.81. The van der Waals surface area contributed by atoms with E-state index in [1.54, 1.807) is 6.07 Å². The van der Waals surface area contributed by atoms with Crippen LogP contribution in [0, 0.1) is 10.1 Å². The van der Waals surface area contributed by atoms with E-state index in [-0.39, 0.29) is 5.69 Å². The molecule has 0 spiro atoms. The lowest BCUT2D eigenvalue weighted by Crippen LogP contribution is -2.06. The van der Waals surface area contributed by atoms with Gasteiger partial charge >= 0.3 is 0 Å². The predicted octanol–water partition coefficient (Wildman–Crippen LogP) is 1.21. The SMILES string of the molecule is Nc1cc(NCCc2ncon2)cc([N+](=O)[O-])c1. The highest BCUT2D eigenvalue weighted by Crippen LogP contribution is 2.22. The van der Waals surface area contributed by atoms with E-state index in [1.165, 1.54) is 18.5 Å². The number of nitrogens with two attached hydrogens (primary N) is 1. The minimum absolute atomic E-state index is 0.0444. The Labute approximate surface area is 102 Å². The molecule has 0 aliphatic carbocycles. The van der Waals surface area contributed by atoms with Crippen molar-refractivity contribution in [2.45, 2.75) is 6.42 Å². The summed E-state index contributed by atoms with van der Waals surface area (Å²) in [5, 5.41) is 17.3. The number of nitrogen functional groups attached to an aromatic ring is 1. The van der Waals surface area contributed by atoms with Crippen molar-refractivity contribution < 1.29 is 9.45 Å². The molecule has 0 saturated carbocycles. The quantitative estimate of drug-likeness (QED) is 0.464. The molecule has 0 radical (unpaired) electrons. The van der Waals surface area contributed by atoms with E-state index in [1.807, 2.05) is 0 Å². The van der Waals surface area contributed by atoms with Gasteiger partial charge in [-0.25, -0.2) is 0 Å². The molecule has 2 aromatic rings. The van der Waals surface area contributed by atoms with Crippen LogP contribution in [-0.4, -0.2) is 21.6 Å². The number of aromatic nitrogens is 2. The van der Waals surface area contributed by atoms with Gasteiger partial charge in [-0.05, 0) is 6.07 Å². The number of hydrogen-bond acceptors (Lipinski definition) is 7. The van der Waals surface area contributed by atoms with E-state index in [2.05, 4.69) is 20.0 Å². The molecule has 8 nitrogen and oxygen atoms in total. The summed E-state index contributed by atoms with van der Waals surface area (Å²) >= 11 is 0. The number of nitrogens with one attached hydrogen (secondary N) is 1. The van der Waals surface area contributed by atoms with Crippen molar-refractivity contribution in [3.63, 3.8) is 0 Å². The zero-order valence-electron chi connectivity index (χ0n) is 9.37. The summed E-state index contributed by atoms with van der Waals surface area (Å²) < 4.78 is 4.59. The molecular formula is C10H11N5O3. The number of anilines is 2. The van der Waals surface area contributed by atoms with Crippen molar-refractivity contribution in [1.82, 2.24) is 10.1 Å². The average molecular weight is 249 g/mol. The Morgan fingerprint density at radius 3 is 2.94 bits per heavy atom. The van der Waals surface area contributed by atoms with Gasteiger partial charge in [0.1, 0.15) is 0 Å². The van der Waals surface area contributed by atoms with E-state index >= 15 is 0 Å². The molecule has 1 heterocycles. The molecule has 3 N–H and O–H groups in total. The molecule has 8 heteroatoms. The molecule has 0 amide bonds. The highest BCUT2D eigenvalue weighted by Gasteiger charge is 2.08.